The zero-order valence-corrected chi connectivity index (χ0v) is 13.0. The highest BCUT2D eigenvalue weighted by atomic mass is 35.5. The zero-order chi connectivity index (χ0) is 15.9. The Morgan fingerprint density at radius 2 is 1.87 bits per heavy atom. The Hall–Kier alpha value is -2.73. The fourth-order valence-electron chi connectivity index (χ4n) is 1.97. The molecule has 0 unspecified atom stereocenters. The third kappa shape index (κ3) is 4.37. The Morgan fingerprint density at radius 3 is 2.70 bits per heavy atom. The van der Waals surface area contributed by atoms with Crippen LogP contribution in [-0.2, 0) is 13.1 Å². The average molecular weight is 327 g/mol. The minimum absolute atomic E-state index is 0.445. The van der Waals surface area contributed by atoms with Gasteiger partial charge >= 0.3 is 0 Å². The van der Waals surface area contributed by atoms with Crippen molar-refractivity contribution in [2.75, 3.05) is 10.6 Å². The van der Waals surface area contributed by atoms with E-state index < -0.39 is 0 Å². The third-order valence-corrected chi connectivity index (χ3v) is 3.52. The number of rotatable bonds is 6. The third-order valence-electron chi connectivity index (χ3n) is 3.15. The lowest BCUT2D eigenvalue weighted by Crippen LogP contribution is -2.08. The molecule has 2 aromatic heterocycles. The van der Waals surface area contributed by atoms with Crippen LogP contribution in [0.3, 0.4) is 0 Å². The molecule has 0 bridgehead atoms. The molecule has 2 heterocycles. The predicted octanol–water partition coefficient (Wildman–Crippen LogP) is 3.14. The van der Waals surface area contributed by atoms with Crippen LogP contribution in [0.5, 0.6) is 0 Å². The fourth-order valence-corrected chi connectivity index (χ4v) is 2.18. The highest BCUT2D eigenvalue weighted by Crippen LogP contribution is 2.16. The maximum atomic E-state index is 6.12. The molecule has 0 spiro atoms. The molecule has 0 fully saturated rings. The SMILES string of the molecule is Clc1ccccc1CNc1nncc(NCc2cccnc2)n1. The van der Waals surface area contributed by atoms with Crippen molar-refractivity contribution in [1.82, 2.24) is 20.2 Å². The van der Waals surface area contributed by atoms with Crippen LogP contribution in [-0.4, -0.2) is 20.2 Å². The molecule has 7 heteroatoms. The van der Waals surface area contributed by atoms with Crippen molar-refractivity contribution < 1.29 is 0 Å². The van der Waals surface area contributed by atoms with Crippen molar-refractivity contribution in [3.63, 3.8) is 0 Å². The number of pyridine rings is 1. The number of nitrogens with zero attached hydrogens (tertiary/aromatic N) is 4. The van der Waals surface area contributed by atoms with Crippen LogP contribution in [0.2, 0.25) is 5.02 Å². The second-order valence-corrected chi connectivity index (χ2v) is 5.23. The van der Waals surface area contributed by atoms with Crippen molar-refractivity contribution in [3.05, 3.63) is 71.1 Å². The second-order valence-electron chi connectivity index (χ2n) is 4.83. The van der Waals surface area contributed by atoms with Crippen LogP contribution in [0.1, 0.15) is 11.1 Å². The molecule has 0 saturated heterocycles. The predicted molar refractivity (Wildman–Crippen MR) is 90.2 cm³/mol. The van der Waals surface area contributed by atoms with Crippen LogP contribution in [0.25, 0.3) is 0 Å². The van der Waals surface area contributed by atoms with Crippen LogP contribution in [0.15, 0.2) is 55.0 Å². The smallest absolute Gasteiger partial charge is 0.244 e. The lowest BCUT2D eigenvalue weighted by Gasteiger charge is -2.08. The summed E-state index contributed by atoms with van der Waals surface area (Å²) in [4.78, 5) is 8.45. The maximum Gasteiger partial charge on any atom is 0.244 e. The van der Waals surface area contributed by atoms with Gasteiger partial charge in [0.25, 0.3) is 0 Å². The molecule has 0 aliphatic carbocycles. The van der Waals surface area contributed by atoms with Gasteiger partial charge in [0.2, 0.25) is 5.95 Å². The van der Waals surface area contributed by atoms with E-state index in [1.165, 1.54) is 0 Å². The molecule has 0 atom stereocenters. The first-order valence-electron chi connectivity index (χ1n) is 7.11. The van der Waals surface area contributed by atoms with Gasteiger partial charge in [0, 0.05) is 30.5 Å². The Kier molecular flexibility index (Phi) is 4.95. The maximum absolute atomic E-state index is 6.12. The first-order chi connectivity index (χ1) is 11.3. The summed E-state index contributed by atoms with van der Waals surface area (Å²) in [7, 11) is 0. The molecule has 0 saturated carbocycles. The van der Waals surface area contributed by atoms with E-state index in [2.05, 4.69) is 30.8 Å². The van der Waals surface area contributed by atoms with Crippen molar-refractivity contribution in [1.29, 1.82) is 0 Å². The quantitative estimate of drug-likeness (QED) is 0.724. The normalized spacial score (nSPS) is 10.3. The van der Waals surface area contributed by atoms with E-state index in [0.29, 0.717) is 29.9 Å². The van der Waals surface area contributed by atoms with E-state index in [1.807, 2.05) is 36.4 Å². The fraction of sp³-hybridized carbons (Fsp3) is 0.125. The first-order valence-corrected chi connectivity index (χ1v) is 7.49. The Balaban J connectivity index is 1.60. The number of hydrogen-bond donors (Lipinski definition) is 2. The van der Waals surface area contributed by atoms with Gasteiger partial charge in [0.1, 0.15) is 0 Å². The molecule has 23 heavy (non-hydrogen) atoms. The summed E-state index contributed by atoms with van der Waals surface area (Å²) in [6.45, 7) is 1.16. The molecule has 0 aliphatic rings. The number of halogens is 1. The standard InChI is InChI=1S/C16H15ClN6/c17-14-6-2-1-5-13(14)10-20-16-22-15(11-21-23-16)19-9-12-4-3-7-18-8-12/h1-8,11H,9-10H2,(H2,19,20,22,23). The van der Waals surface area contributed by atoms with Gasteiger partial charge in [-0.05, 0) is 23.3 Å². The number of benzene rings is 1. The highest BCUT2D eigenvalue weighted by Gasteiger charge is 2.03. The van der Waals surface area contributed by atoms with Crippen LogP contribution in [0.4, 0.5) is 11.8 Å². The van der Waals surface area contributed by atoms with Crippen LogP contribution in [0, 0.1) is 0 Å². The van der Waals surface area contributed by atoms with E-state index in [9.17, 15) is 0 Å². The topological polar surface area (TPSA) is 75.6 Å². The minimum Gasteiger partial charge on any atom is -0.364 e. The average Bonchev–Trinajstić information content (AvgIpc) is 2.61. The van der Waals surface area contributed by atoms with Gasteiger partial charge in [0.05, 0.1) is 6.20 Å². The summed E-state index contributed by atoms with van der Waals surface area (Å²) in [5, 5.41) is 14.9. The Labute approximate surface area is 139 Å². The summed E-state index contributed by atoms with van der Waals surface area (Å²) >= 11 is 6.12. The molecule has 3 aromatic rings. The number of anilines is 2. The summed E-state index contributed by atoms with van der Waals surface area (Å²) in [5.41, 5.74) is 2.04. The van der Waals surface area contributed by atoms with Gasteiger partial charge in [-0.2, -0.15) is 10.1 Å². The largest absolute Gasteiger partial charge is 0.364 e. The molecule has 6 nitrogen and oxygen atoms in total. The van der Waals surface area contributed by atoms with Crippen LogP contribution < -0.4 is 10.6 Å². The van der Waals surface area contributed by atoms with Crippen LogP contribution >= 0.6 is 11.6 Å². The molecule has 0 aliphatic heterocycles. The van der Waals surface area contributed by atoms with E-state index >= 15 is 0 Å². The number of hydrogen-bond acceptors (Lipinski definition) is 6. The summed E-state index contributed by atoms with van der Waals surface area (Å²) in [6.07, 6.45) is 5.13. The second kappa shape index (κ2) is 7.51. The lowest BCUT2D eigenvalue weighted by atomic mass is 10.2. The van der Waals surface area contributed by atoms with Gasteiger partial charge in [-0.3, -0.25) is 4.98 Å². The van der Waals surface area contributed by atoms with Gasteiger partial charge in [-0.25, -0.2) is 0 Å². The lowest BCUT2D eigenvalue weighted by molar-refractivity contribution is 0.936. The van der Waals surface area contributed by atoms with Crippen molar-refractivity contribution >= 4 is 23.4 Å². The summed E-state index contributed by atoms with van der Waals surface area (Å²) in [5.74, 6) is 1.09. The summed E-state index contributed by atoms with van der Waals surface area (Å²) in [6, 6.07) is 11.5. The number of nitrogens with one attached hydrogen (secondary N) is 2. The molecular weight excluding hydrogens is 312 g/mol. The van der Waals surface area contributed by atoms with Crippen molar-refractivity contribution in [2.45, 2.75) is 13.1 Å². The first kappa shape index (κ1) is 15.2. The van der Waals surface area contributed by atoms with E-state index in [1.54, 1.807) is 18.6 Å². The monoisotopic (exact) mass is 326 g/mol. The van der Waals surface area contributed by atoms with E-state index in [0.717, 1.165) is 11.1 Å². The molecule has 1 aromatic carbocycles. The van der Waals surface area contributed by atoms with Gasteiger partial charge in [-0.15, -0.1) is 5.10 Å². The van der Waals surface area contributed by atoms with E-state index in [4.69, 9.17) is 11.6 Å². The van der Waals surface area contributed by atoms with Crippen molar-refractivity contribution in [2.24, 2.45) is 0 Å². The molecule has 0 amide bonds. The van der Waals surface area contributed by atoms with Gasteiger partial charge in [0.15, 0.2) is 5.82 Å². The highest BCUT2D eigenvalue weighted by molar-refractivity contribution is 6.31. The number of aromatic nitrogens is 4. The molecule has 0 radical (unpaired) electrons. The van der Waals surface area contributed by atoms with E-state index in [-0.39, 0.29) is 0 Å². The molecule has 2 N–H and O–H groups in total. The summed E-state index contributed by atoms with van der Waals surface area (Å²) < 4.78 is 0. The zero-order valence-electron chi connectivity index (χ0n) is 12.3. The minimum atomic E-state index is 0.445. The Bertz CT molecular complexity index is 765. The molecular formula is C16H15ClN6. The molecule has 116 valence electrons. The van der Waals surface area contributed by atoms with Crippen molar-refractivity contribution in [3.8, 4) is 0 Å². The molecule has 3 rings (SSSR count). The van der Waals surface area contributed by atoms with Gasteiger partial charge in [-0.1, -0.05) is 35.9 Å². The van der Waals surface area contributed by atoms with Gasteiger partial charge < -0.3 is 10.6 Å². The Morgan fingerprint density at radius 1 is 0.957 bits per heavy atom.